The maximum Gasteiger partial charge on any atom is 0.240 e. The van der Waals surface area contributed by atoms with Gasteiger partial charge >= 0.3 is 0 Å². The summed E-state index contributed by atoms with van der Waals surface area (Å²) < 4.78 is 12.4. The van der Waals surface area contributed by atoms with Gasteiger partial charge in [0.05, 0.1) is 5.71 Å². The molecule has 2 unspecified atom stereocenters. The standard InChI is InChI=1S/C27H32N4O3/c1-3-19-16-25(32)29-30-26(19)20-10-11-23-24(15-20)34-27(28-23)21-8-7-9-22(14-21)33-18(2)17-31-12-5-4-6-13-31/h7-11,14-15,18-19H,3-6,12-13,16-17H2,1-2H3,(H,29,32). The van der Waals surface area contributed by atoms with Gasteiger partial charge < -0.3 is 9.15 Å². The van der Waals surface area contributed by atoms with Gasteiger partial charge in [-0.15, -0.1) is 0 Å². The molecule has 34 heavy (non-hydrogen) atoms. The van der Waals surface area contributed by atoms with Crippen LogP contribution >= 0.6 is 0 Å². The monoisotopic (exact) mass is 460 g/mol. The maximum atomic E-state index is 11.7. The minimum Gasteiger partial charge on any atom is -0.489 e. The van der Waals surface area contributed by atoms with E-state index in [0.29, 0.717) is 17.9 Å². The third kappa shape index (κ3) is 4.99. The molecule has 0 aliphatic carbocycles. The summed E-state index contributed by atoms with van der Waals surface area (Å²) in [6.45, 7) is 7.47. The average Bonchev–Trinajstić information content (AvgIpc) is 3.28. The van der Waals surface area contributed by atoms with Crippen LogP contribution in [0.3, 0.4) is 0 Å². The predicted octanol–water partition coefficient (Wildman–Crippen LogP) is 5.00. The van der Waals surface area contributed by atoms with Crippen molar-refractivity contribution < 1.29 is 13.9 Å². The number of likely N-dealkylation sites (tertiary alicyclic amines) is 1. The van der Waals surface area contributed by atoms with Crippen molar-refractivity contribution in [3.8, 4) is 17.2 Å². The molecular weight excluding hydrogens is 428 g/mol. The summed E-state index contributed by atoms with van der Waals surface area (Å²) in [5.74, 6) is 1.45. The SMILES string of the molecule is CCC1CC(=O)NN=C1c1ccc2nc(-c3cccc(OC(C)CN4CCCCC4)c3)oc2c1. The first kappa shape index (κ1) is 22.6. The number of hydrazone groups is 1. The summed E-state index contributed by atoms with van der Waals surface area (Å²) in [5, 5.41) is 4.32. The molecule has 7 heteroatoms. The molecule has 1 saturated heterocycles. The zero-order valence-electron chi connectivity index (χ0n) is 19.9. The highest BCUT2D eigenvalue weighted by molar-refractivity contribution is 6.07. The molecule has 2 aliphatic heterocycles. The highest BCUT2D eigenvalue weighted by atomic mass is 16.5. The number of nitrogens with zero attached hydrogens (tertiary/aromatic N) is 3. The summed E-state index contributed by atoms with van der Waals surface area (Å²) >= 11 is 0. The van der Waals surface area contributed by atoms with Crippen molar-refractivity contribution in [2.24, 2.45) is 11.0 Å². The number of hydrogen-bond donors (Lipinski definition) is 1. The lowest BCUT2D eigenvalue weighted by atomic mass is 9.90. The Morgan fingerprint density at radius 1 is 1.15 bits per heavy atom. The number of nitrogens with one attached hydrogen (secondary N) is 1. The fourth-order valence-corrected chi connectivity index (χ4v) is 4.90. The van der Waals surface area contributed by atoms with E-state index >= 15 is 0 Å². The van der Waals surface area contributed by atoms with Crippen LogP contribution in [0.5, 0.6) is 5.75 Å². The number of benzene rings is 2. The van der Waals surface area contributed by atoms with Crippen LogP contribution in [-0.2, 0) is 4.79 Å². The van der Waals surface area contributed by atoms with E-state index in [-0.39, 0.29) is 17.9 Å². The number of fused-ring (bicyclic) bond motifs is 1. The van der Waals surface area contributed by atoms with E-state index in [1.165, 1.54) is 19.3 Å². The quantitative estimate of drug-likeness (QED) is 0.537. The smallest absolute Gasteiger partial charge is 0.240 e. The molecule has 1 fully saturated rings. The molecular formula is C27H32N4O3. The molecule has 1 N–H and O–H groups in total. The van der Waals surface area contributed by atoms with Crippen molar-refractivity contribution >= 4 is 22.7 Å². The molecule has 3 aromatic rings. The van der Waals surface area contributed by atoms with Gasteiger partial charge in [0.15, 0.2) is 5.58 Å². The Morgan fingerprint density at radius 2 is 2.00 bits per heavy atom. The molecule has 7 nitrogen and oxygen atoms in total. The van der Waals surface area contributed by atoms with Gasteiger partial charge in [0.1, 0.15) is 17.4 Å². The summed E-state index contributed by atoms with van der Waals surface area (Å²) in [6.07, 6.45) is 5.32. The van der Waals surface area contributed by atoms with Gasteiger partial charge in [-0.25, -0.2) is 10.4 Å². The van der Waals surface area contributed by atoms with Gasteiger partial charge in [0.2, 0.25) is 11.8 Å². The van der Waals surface area contributed by atoms with Gasteiger partial charge in [0.25, 0.3) is 0 Å². The summed E-state index contributed by atoms with van der Waals surface area (Å²) in [6, 6.07) is 13.8. The van der Waals surface area contributed by atoms with Crippen LogP contribution in [0.25, 0.3) is 22.6 Å². The van der Waals surface area contributed by atoms with Gasteiger partial charge in [-0.2, -0.15) is 5.10 Å². The number of aromatic nitrogens is 1. The van der Waals surface area contributed by atoms with Crippen LogP contribution in [0.15, 0.2) is 52.0 Å². The first-order valence-electron chi connectivity index (χ1n) is 12.4. The molecule has 2 aliphatic rings. The minimum absolute atomic E-state index is 0.0361. The number of carbonyl (C=O) groups excluding carboxylic acids is 1. The van der Waals surface area contributed by atoms with Gasteiger partial charge in [0, 0.05) is 30.0 Å². The van der Waals surface area contributed by atoms with E-state index in [9.17, 15) is 4.79 Å². The number of hydrogen-bond acceptors (Lipinski definition) is 6. The molecule has 1 aromatic heterocycles. The van der Waals surface area contributed by atoms with Crippen molar-refractivity contribution in [2.75, 3.05) is 19.6 Å². The number of piperidine rings is 1. The van der Waals surface area contributed by atoms with Crippen LogP contribution in [0.1, 0.15) is 51.5 Å². The summed E-state index contributed by atoms with van der Waals surface area (Å²) in [5.41, 5.74) is 6.82. The number of ether oxygens (including phenoxy) is 1. The van der Waals surface area contributed by atoms with E-state index in [2.05, 4.69) is 29.3 Å². The van der Waals surface area contributed by atoms with E-state index in [4.69, 9.17) is 14.1 Å². The summed E-state index contributed by atoms with van der Waals surface area (Å²) in [4.78, 5) is 18.9. The Bertz CT molecular complexity index is 1200. The number of amides is 1. The lowest BCUT2D eigenvalue weighted by Gasteiger charge is -2.29. The molecule has 5 rings (SSSR count). The van der Waals surface area contributed by atoms with E-state index in [0.717, 1.165) is 54.2 Å². The third-order valence-corrected chi connectivity index (χ3v) is 6.68. The van der Waals surface area contributed by atoms with Crippen LogP contribution in [0, 0.1) is 5.92 Å². The Hall–Kier alpha value is -3.19. The van der Waals surface area contributed by atoms with Crippen molar-refractivity contribution in [1.29, 1.82) is 0 Å². The van der Waals surface area contributed by atoms with E-state index in [1.54, 1.807) is 0 Å². The second-order valence-corrected chi connectivity index (χ2v) is 9.36. The van der Waals surface area contributed by atoms with Gasteiger partial charge in [-0.1, -0.05) is 25.5 Å². The molecule has 2 atom stereocenters. The molecule has 1 amide bonds. The minimum atomic E-state index is -0.0361. The Morgan fingerprint density at radius 3 is 2.82 bits per heavy atom. The highest BCUT2D eigenvalue weighted by Crippen LogP contribution is 2.29. The molecule has 0 bridgehead atoms. The lowest BCUT2D eigenvalue weighted by Crippen LogP contribution is -2.37. The normalized spacial score (nSPS) is 20.1. The van der Waals surface area contributed by atoms with Crippen LogP contribution in [-0.4, -0.2) is 47.2 Å². The van der Waals surface area contributed by atoms with Crippen molar-refractivity contribution in [2.45, 2.75) is 52.1 Å². The highest BCUT2D eigenvalue weighted by Gasteiger charge is 2.25. The van der Waals surface area contributed by atoms with Gasteiger partial charge in [-0.3, -0.25) is 9.69 Å². The van der Waals surface area contributed by atoms with Crippen molar-refractivity contribution in [1.82, 2.24) is 15.3 Å². The topological polar surface area (TPSA) is 80.0 Å². The van der Waals surface area contributed by atoms with Gasteiger partial charge in [-0.05, 0) is 69.6 Å². The zero-order chi connectivity index (χ0) is 23.5. The first-order valence-corrected chi connectivity index (χ1v) is 12.4. The number of oxazole rings is 1. The van der Waals surface area contributed by atoms with E-state index in [1.807, 2.05) is 42.5 Å². The lowest BCUT2D eigenvalue weighted by molar-refractivity contribution is -0.122. The maximum absolute atomic E-state index is 11.7. The van der Waals surface area contributed by atoms with Crippen LogP contribution in [0.2, 0.25) is 0 Å². The third-order valence-electron chi connectivity index (χ3n) is 6.68. The summed E-state index contributed by atoms with van der Waals surface area (Å²) in [7, 11) is 0. The Labute approximate surface area is 200 Å². The van der Waals surface area contributed by atoms with Crippen molar-refractivity contribution in [3.05, 3.63) is 48.0 Å². The predicted molar refractivity (Wildman–Crippen MR) is 133 cm³/mol. The first-order chi connectivity index (χ1) is 16.6. The van der Waals surface area contributed by atoms with Crippen LogP contribution < -0.4 is 10.2 Å². The Balaban J connectivity index is 1.34. The van der Waals surface area contributed by atoms with E-state index < -0.39 is 0 Å². The second-order valence-electron chi connectivity index (χ2n) is 9.36. The fraction of sp³-hybridized carbons (Fsp3) is 0.444. The molecule has 0 spiro atoms. The number of carbonyl (C=O) groups is 1. The molecule has 178 valence electrons. The number of rotatable bonds is 7. The van der Waals surface area contributed by atoms with Crippen molar-refractivity contribution in [3.63, 3.8) is 0 Å². The molecule has 0 radical (unpaired) electrons. The Kier molecular flexibility index (Phi) is 6.63. The second kappa shape index (κ2) is 9.97. The largest absolute Gasteiger partial charge is 0.489 e. The average molecular weight is 461 g/mol. The fourth-order valence-electron chi connectivity index (χ4n) is 4.90. The molecule has 2 aromatic carbocycles. The van der Waals surface area contributed by atoms with Crippen LogP contribution in [0.4, 0.5) is 0 Å². The molecule has 3 heterocycles. The molecule has 0 saturated carbocycles. The zero-order valence-corrected chi connectivity index (χ0v) is 19.9.